The van der Waals surface area contributed by atoms with E-state index in [1.54, 1.807) is 11.3 Å². The molecule has 0 aliphatic heterocycles. The predicted octanol–water partition coefficient (Wildman–Crippen LogP) is 3.12. The van der Waals surface area contributed by atoms with Crippen molar-refractivity contribution in [1.82, 2.24) is 0 Å². The lowest BCUT2D eigenvalue weighted by molar-refractivity contribution is 1.02. The van der Waals surface area contributed by atoms with Gasteiger partial charge in [-0.1, -0.05) is 12.0 Å². The molecule has 0 spiro atoms. The van der Waals surface area contributed by atoms with Gasteiger partial charge in [0.25, 0.3) is 0 Å². The lowest BCUT2D eigenvalue weighted by Gasteiger charge is -1.93. The lowest BCUT2D eigenvalue weighted by atomic mass is 10.2. The standard InChI is InChI=1S/C7H9N3S/c1-2-6-3-4-11-7(6)5-9-10-8/h3-4H,2,5H2,1H3. The third-order valence-corrected chi connectivity index (χ3v) is 2.44. The van der Waals surface area contributed by atoms with Crippen LogP contribution in [0.5, 0.6) is 0 Å². The average Bonchev–Trinajstić information content (AvgIpc) is 2.47. The second-order valence-electron chi connectivity index (χ2n) is 2.11. The van der Waals surface area contributed by atoms with Crippen molar-refractivity contribution >= 4 is 11.3 Å². The van der Waals surface area contributed by atoms with Crippen LogP contribution in [0.25, 0.3) is 10.4 Å². The van der Waals surface area contributed by atoms with Crippen molar-refractivity contribution in [2.45, 2.75) is 19.9 Å². The van der Waals surface area contributed by atoms with Crippen LogP contribution in [0, 0.1) is 0 Å². The fourth-order valence-electron chi connectivity index (χ4n) is 0.917. The van der Waals surface area contributed by atoms with Crippen LogP contribution >= 0.6 is 11.3 Å². The summed E-state index contributed by atoms with van der Waals surface area (Å²) < 4.78 is 0. The molecule has 0 unspecified atom stereocenters. The molecular weight excluding hydrogens is 158 g/mol. The number of hydrogen-bond donors (Lipinski definition) is 0. The molecule has 11 heavy (non-hydrogen) atoms. The number of rotatable bonds is 3. The van der Waals surface area contributed by atoms with Crippen LogP contribution < -0.4 is 0 Å². The second kappa shape index (κ2) is 4.01. The zero-order chi connectivity index (χ0) is 8.10. The topological polar surface area (TPSA) is 48.8 Å². The molecular formula is C7H9N3S. The predicted molar refractivity (Wildman–Crippen MR) is 46.5 cm³/mol. The molecule has 0 aromatic carbocycles. The van der Waals surface area contributed by atoms with E-state index in [-0.39, 0.29) is 0 Å². The van der Waals surface area contributed by atoms with Crippen LogP contribution in [0.1, 0.15) is 17.4 Å². The lowest BCUT2D eigenvalue weighted by Crippen LogP contribution is -1.81. The molecule has 1 heterocycles. The van der Waals surface area contributed by atoms with E-state index in [1.165, 1.54) is 10.4 Å². The summed E-state index contributed by atoms with van der Waals surface area (Å²) in [4.78, 5) is 3.90. The largest absolute Gasteiger partial charge is 0.149 e. The molecule has 58 valence electrons. The van der Waals surface area contributed by atoms with Crippen molar-refractivity contribution in [3.8, 4) is 0 Å². The summed E-state index contributed by atoms with van der Waals surface area (Å²) in [6.45, 7) is 2.60. The maximum Gasteiger partial charge on any atom is 0.0607 e. The SMILES string of the molecule is CCc1ccsc1CN=[N+]=[N-]. The van der Waals surface area contributed by atoms with Gasteiger partial charge in [-0.2, -0.15) is 0 Å². The molecule has 0 bridgehead atoms. The highest BCUT2D eigenvalue weighted by Gasteiger charge is 1.98. The first-order chi connectivity index (χ1) is 5.38. The Morgan fingerprint density at radius 3 is 3.18 bits per heavy atom. The first-order valence-electron chi connectivity index (χ1n) is 3.44. The molecule has 0 aliphatic rings. The number of hydrogen-bond acceptors (Lipinski definition) is 2. The van der Waals surface area contributed by atoms with Gasteiger partial charge in [0.05, 0.1) is 6.54 Å². The van der Waals surface area contributed by atoms with E-state index >= 15 is 0 Å². The summed E-state index contributed by atoms with van der Waals surface area (Å²) in [6, 6.07) is 2.08. The zero-order valence-corrected chi connectivity index (χ0v) is 7.14. The molecule has 0 fully saturated rings. The van der Waals surface area contributed by atoms with Gasteiger partial charge in [0, 0.05) is 9.79 Å². The summed E-state index contributed by atoms with van der Waals surface area (Å²) in [5.41, 5.74) is 9.39. The Bertz CT molecular complexity index is 273. The number of azide groups is 1. The van der Waals surface area contributed by atoms with E-state index in [0.717, 1.165) is 6.42 Å². The van der Waals surface area contributed by atoms with Gasteiger partial charge in [-0.3, -0.25) is 0 Å². The van der Waals surface area contributed by atoms with E-state index in [9.17, 15) is 0 Å². The highest BCUT2D eigenvalue weighted by molar-refractivity contribution is 7.10. The van der Waals surface area contributed by atoms with Crippen LogP contribution in [0.4, 0.5) is 0 Å². The van der Waals surface area contributed by atoms with Crippen molar-refractivity contribution in [3.05, 3.63) is 32.3 Å². The molecule has 0 aliphatic carbocycles. The number of nitrogens with zero attached hydrogens (tertiary/aromatic N) is 3. The van der Waals surface area contributed by atoms with Gasteiger partial charge in [0.15, 0.2) is 0 Å². The van der Waals surface area contributed by atoms with Gasteiger partial charge in [-0.25, -0.2) is 0 Å². The van der Waals surface area contributed by atoms with E-state index < -0.39 is 0 Å². The minimum absolute atomic E-state index is 0.497. The summed E-state index contributed by atoms with van der Waals surface area (Å²) in [5.74, 6) is 0. The van der Waals surface area contributed by atoms with E-state index in [0.29, 0.717) is 6.54 Å². The Balaban J connectivity index is 2.75. The van der Waals surface area contributed by atoms with E-state index in [1.807, 2.05) is 5.38 Å². The van der Waals surface area contributed by atoms with E-state index in [4.69, 9.17) is 5.53 Å². The van der Waals surface area contributed by atoms with E-state index in [2.05, 4.69) is 23.0 Å². The molecule has 0 N–H and O–H groups in total. The van der Waals surface area contributed by atoms with Crippen LogP contribution in [0.2, 0.25) is 0 Å². The molecule has 4 heteroatoms. The van der Waals surface area contributed by atoms with Crippen LogP contribution in [0.3, 0.4) is 0 Å². The van der Waals surface area contributed by atoms with Gasteiger partial charge < -0.3 is 0 Å². The fraction of sp³-hybridized carbons (Fsp3) is 0.429. The average molecular weight is 167 g/mol. The summed E-state index contributed by atoms with van der Waals surface area (Å²) in [6.07, 6.45) is 1.01. The first-order valence-corrected chi connectivity index (χ1v) is 4.32. The van der Waals surface area contributed by atoms with Crippen molar-refractivity contribution < 1.29 is 0 Å². The van der Waals surface area contributed by atoms with Crippen LogP contribution in [-0.2, 0) is 13.0 Å². The molecule has 0 amide bonds. The third kappa shape index (κ3) is 1.97. The van der Waals surface area contributed by atoms with Crippen molar-refractivity contribution in [2.75, 3.05) is 0 Å². The minimum atomic E-state index is 0.497. The summed E-state index contributed by atoms with van der Waals surface area (Å²) >= 11 is 1.65. The highest BCUT2D eigenvalue weighted by atomic mass is 32.1. The maximum absolute atomic E-state index is 8.09. The van der Waals surface area contributed by atoms with Gasteiger partial charge in [-0.15, -0.1) is 11.3 Å². The van der Waals surface area contributed by atoms with Crippen LogP contribution in [-0.4, -0.2) is 0 Å². The molecule has 1 aromatic rings. The Morgan fingerprint density at radius 2 is 2.55 bits per heavy atom. The number of aryl methyl sites for hydroxylation is 1. The van der Waals surface area contributed by atoms with Crippen molar-refractivity contribution in [3.63, 3.8) is 0 Å². The molecule has 3 nitrogen and oxygen atoms in total. The second-order valence-corrected chi connectivity index (χ2v) is 3.11. The Hall–Kier alpha value is -0.990. The van der Waals surface area contributed by atoms with Crippen LogP contribution in [0.15, 0.2) is 16.6 Å². The summed E-state index contributed by atoms with van der Waals surface area (Å²) in [7, 11) is 0. The quantitative estimate of drug-likeness (QED) is 0.377. The van der Waals surface area contributed by atoms with Gasteiger partial charge in [0.2, 0.25) is 0 Å². The van der Waals surface area contributed by atoms with Gasteiger partial charge in [-0.05, 0) is 29.0 Å². The molecule has 0 radical (unpaired) electrons. The van der Waals surface area contributed by atoms with Crippen molar-refractivity contribution in [2.24, 2.45) is 5.11 Å². The maximum atomic E-state index is 8.09. The fourth-order valence-corrected chi connectivity index (χ4v) is 1.81. The number of thiophene rings is 1. The Morgan fingerprint density at radius 1 is 1.73 bits per heavy atom. The normalized spacial score (nSPS) is 9.18. The Labute approximate surface area is 69.3 Å². The minimum Gasteiger partial charge on any atom is -0.149 e. The zero-order valence-electron chi connectivity index (χ0n) is 6.32. The monoisotopic (exact) mass is 167 g/mol. The highest BCUT2D eigenvalue weighted by Crippen LogP contribution is 2.17. The van der Waals surface area contributed by atoms with Crippen molar-refractivity contribution in [1.29, 1.82) is 0 Å². The molecule has 0 atom stereocenters. The molecule has 1 aromatic heterocycles. The Kier molecular flexibility index (Phi) is 2.95. The molecule has 1 rings (SSSR count). The smallest absolute Gasteiger partial charge is 0.0607 e. The van der Waals surface area contributed by atoms with Gasteiger partial charge in [0.1, 0.15) is 0 Å². The molecule has 0 saturated carbocycles. The molecule has 0 saturated heterocycles. The first kappa shape index (κ1) is 8.11. The van der Waals surface area contributed by atoms with Gasteiger partial charge >= 0.3 is 0 Å². The third-order valence-electron chi connectivity index (χ3n) is 1.50. The summed E-state index contributed by atoms with van der Waals surface area (Å²) in [5, 5.41) is 5.54.